The second kappa shape index (κ2) is 12.8. The maximum absolute atomic E-state index is 9.95. The van der Waals surface area contributed by atoms with Crippen molar-refractivity contribution in [3.05, 3.63) is 131 Å². The van der Waals surface area contributed by atoms with Crippen LogP contribution in [0.2, 0.25) is 0 Å². The molecule has 0 saturated carbocycles. The van der Waals surface area contributed by atoms with Gasteiger partial charge < -0.3 is 28.9 Å². The minimum absolute atomic E-state index is 0.382. The minimum Gasteiger partial charge on any atom is -0.497 e. The van der Waals surface area contributed by atoms with E-state index in [0.29, 0.717) is 30.3 Å². The van der Waals surface area contributed by atoms with Gasteiger partial charge in [0.15, 0.2) is 17.2 Å². The zero-order valence-electron chi connectivity index (χ0n) is 23.2. The van der Waals surface area contributed by atoms with Crippen LogP contribution in [0.15, 0.2) is 114 Å². The molecular formula is C34H31NO6. The molecule has 0 unspecified atom stereocenters. The Hall–Kier alpha value is -5.17. The summed E-state index contributed by atoms with van der Waals surface area (Å²) in [6, 6.07) is 31.0. The number of ether oxygens (including phenoxy) is 5. The van der Waals surface area contributed by atoms with E-state index < -0.39 is 0 Å². The average Bonchev–Trinajstić information content (AvgIpc) is 3.02. The number of rotatable bonds is 10. The topological polar surface area (TPSA) is 78.7 Å². The first-order chi connectivity index (χ1) is 20.1. The Bertz CT molecular complexity index is 1570. The van der Waals surface area contributed by atoms with E-state index in [-0.39, 0.29) is 0 Å². The Morgan fingerprint density at radius 3 is 2.02 bits per heavy atom. The van der Waals surface area contributed by atoms with Crippen LogP contribution < -0.4 is 18.9 Å². The standard InChI is InChI=1S/C34H31NO6/c1-37-27-14-8-23(9-15-27)20-30(34-33(35-36)32(41-34)21-24-10-16-28(38-2)17-11-24)25-12-18-29(19-13-25)40-22-26-6-4-5-7-31(26)39-3/h4-19,21,36H,20,22H2,1-3H3/b32-21-,34-30-,35-33+. The zero-order valence-corrected chi connectivity index (χ0v) is 23.2. The first-order valence-corrected chi connectivity index (χ1v) is 13.1. The van der Waals surface area contributed by atoms with Crippen molar-refractivity contribution >= 4 is 17.4 Å². The lowest BCUT2D eigenvalue weighted by molar-refractivity contribution is 0.276. The summed E-state index contributed by atoms with van der Waals surface area (Å²) in [5, 5.41) is 13.5. The van der Waals surface area contributed by atoms with E-state index in [4.69, 9.17) is 23.7 Å². The lowest BCUT2D eigenvalue weighted by atomic mass is 9.93. The maximum Gasteiger partial charge on any atom is 0.187 e. The SMILES string of the molecule is COc1ccc(\C=C2/OC(=C(/Cc3ccc(OC)cc3)c3ccc(OCc4ccccc4OC)cc3)/C2=N/O)cc1. The fraction of sp³-hybridized carbons (Fsp3) is 0.147. The van der Waals surface area contributed by atoms with Crippen LogP contribution in [-0.4, -0.2) is 32.2 Å². The molecule has 0 amide bonds. The Labute approximate surface area is 239 Å². The van der Waals surface area contributed by atoms with Gasteiger partial charge in [-0.3, -0.25) is 0 Å². The molecule has 0 aliphatic carbocycles. The van der Waals surface area contributed by atoms with Gasteiger partial charge in [0, 0.05) is 17.6 Å². The second-order valence-electron chi connectivity index (χ2n) is 9.29. The third-order valence-corrected chi connectivity index (χ3v) is 6.78. The highest BCUT2D eigenvalue weighted by molar-refractivity contribution is 6.20. The summed E-state index contributed by atoms with van der Waals surface area (Å²) in [5.41, 5.74) is 5.11. The van der Waals surface area contributed by atoms with E-state index in [1.165, 1.54) is 0 Å². The number of methoxy groups -OCH3 is 3. The molecule has 5 rings (SSSR count). The molecule has 4 aromatic carbocycles. The molecule has 1 N–H and O–H groups in total. The molecule has 7 heteroatoms. The summed E-state index contributed by atoms with van der Waals surface area (Å²) in [4.78, 5) is 0. The first-order valence-electron chi connectivity index (χ1n) is 13.1. The van der Waals surface area contributed by atoms with E-state index in [1.54, 1.807) is 21.3 Å². The molecule has 41 heavy (non-hydrogen) atoms. The molecule has 0 radical (unpaired) electrons. The molecule has 0 atom stereocenters. The fourth-order valence-electron chi connectivity index (χ4n) is 4.52. The zero-order chi connectivity index (χ0) is 28.6. The lowest BCUT2D eigenvalue weighted by Gasteiger charge is -2.27. The van der Waals surface area contributed by atoms with Gasteiger partial charge in [0.25, 0.3) is 0 Å². The summed E-state index contributed by atoms with van der Waals surface area (Å²) in [6.45, 7) is 0.382. The molecule has 7 nitrogen and oxygen atoms in total. The molecule has 1 saturated heterocycles. The van der Waals surface area contributed by atoms with Crippen molar-refractivity contribution < 1.29 is 28.9 Å². The molecule has 4 aromatic rings. The molecule has 0 bridgehead atoms. The summed E-state index contributed by atoms with van der Waals surface area (Å²) in [7, 11) is 4.91. The molecule has 1 aliphatic heterocycles. The summed E-state index contributed by atoms with van der Waals surface area (Å²) in [5.74, 6) is 4.05. The van der Waals surface area contributed by atoms with Gasteiger partial charge in [0.05, 0.1) is 21.3 Å². The van der Waals surface area contributed by atoms with E-state index in [2.05, 4.69) is 5.16 Å². The van der Waals surface area contributed by atoms with Crippen LogP contribution in [0.4, 0.5) is 0 Å². The van der Waals surface area contributed by atoms with Gasteiger partial charge in [-0.25, -0.2) is 0 Å². The second-order valence-corrected chi connectivity index (χ2v) is 9.29. The van der Waals surface area contributed by atoms with Gasteiger partial charge in [-0.15, -0.1) is 0 Å². The van der Waals surface area contributed by atoms with Crippen LogP contribution in [0.3, 0.4) is 0 Å². The molecule has 1 aliphatic rings. The van der Waals surface area contributed by atoms with Crippen molar-refractivity contribution in [2.45, 2.75) is 13.0 Å². The Kier molecular flexibility index (Phi) is 8.55. The van der Waals surface area contributed by atoms with Crippen molar-refractivity contribution in [3.8, 4) is 23.0 Å². The number of oxime groups is 1. The summed E-state index contributed by atoms with van der Waals surface area (Å²) < 4.78 is 28.2. The first kappa shape index (κ1) is 27.4. The van der Waals surface area contributed by atoms with Crippen molar-refractivity contribution in [1.29, 1.82) is 0 Å². The number of para-hydroxylation sites is 1. The molecule has 1 heterocycles. The normalized spacial score (nSPS) is 15.6. The predicted molar refractivity (Wildman–Crippen MR) is 159 cm³/mol. The van der Waals surface area contributed by atoms with Gasteiger partial charge in [0.2, 0.25) is 0 Å². The number of benzene rings is 4. The van der Waals surface area contributed by atoms with E-state index >= 15 is 0 Å². The molecule has 0 aromatic heterocycles. The van der Waals surface area contributed by atoms with Gasteiger partial charge in [0.1, 0.15) is 29.6 Å². The molecule has 0 spiro atoms. The Morgan fingerprint density at radius 1 is 0.756 bits per heavy atom. The van der Waals surface area contributed by atoms with Crippen molar-refractivity contribution in [2.24, 2.45) is 5.16 Å². The van der Waals surface area contributed by atoms with Crippen molar-refractivity contribution in [3.63, 3.8) is 0 Å². The highest BCUT2D eigenvalue weighted by Crippen LogP contribution is 2.37. The Morgan fingerprint density at radius 2 is 1.39 bits per heavy atom. The highest BCUT2D eigenvalue weighted by Gasteiger charge is 2.33. The van der Waals surface area contributed by atoms with Crippen LogP contribution in [-0.2, 0) is 17.8 Å². The minimum atomic E-state index is 0.382. The van der Waals surface area contributed by atoms with E-state index in [0.717, 1.165) is 50.8 Å². The average molecular weight is 550 g/mol. The predicted octanol–water partition coefficient (Wildman–Crippen LogP) is 7.15. The van der Waals surface area contributed by atoms with E-state index in [9.17, 15) is 5.21 Å². The van der Waals surface area contributed by atoms with Crippen LogP contribution in [0.5, 0.6) is 23.0 Å². The van der Waals surface area contributed by atoms with Crippen LogP contribution in [0, 0.1) is 0 Å². The van der Waals surface area contributed by atoms with Crippen LogP contribution in [0.25, 0.3) is 11.6 Å². The van der Waals surface area contributed by atoms with Gasteiger partial charge >= 0.3 is 0 Å². The highest BCUT2D eigenvalue weighted by atomic mass is 16.5. The number of hydrogen-bond donors (Lipinski definition) is 1. The third-order valence-electron chi connectivity index (χ3n) is 6.78. The van der Waals surface area contributed by atoms with Crippen molar-refractivity contribution in [2.75, 3.05) is 21.3 Å². The van der Waals surface area contributed by atoms with Gasteiger partial charge in [-0.05, 0) is 65.2 Å². The fourth-order valence-corrected chi connectivity index (χ4v) is 4.52. The molecule has 208 valence electrons. The summed E-state index contributed by atoms with van der Waals surface area (Å²) in [6.07, 6.45) is 2.38. The number of hydrogen-bond acceptors (Lipinski definition) is 7. The van der Waals surface area contributed by atoms with Crippen molar-refractivity contribution in [1.82, 2.24) is 0 Å². The Balaban J connectivity index is 1.42. The largest absolute Gasteiger partial charge is 0.497 e. The van der Waals surface area contributed by atoms with Gasteiger partial charge in [-0.1, -0.05) is 59.8 Å². The number of nitrogens with zero attached hydrogens (tertiary/aromatic N) is 1. The molecular weight excluding hydrogens is 518 g/mol. The molecule has 1 fully saturated rings. The van der Waals surface area contributed by atoms with Crippen LogP contribution >= 0.6 is 0 Å². The quantitative estimate of drug-likeness (QED) is 0.167. The monoisotopic (exact) mass is 549 g/mol. The lowest BCUT2D eigenvalue weighted by Crippen LogP contribution is -2.25. The van der Waals surface area contributed by atoms with E-state index in [1.807, 2.05) is 103 Å². The summed E-state index contributed by atoms with van der Waals surface area (Å²) >= 11 is 0. The smallest absolute Gasteiger partial charge is 0.187 e. The maximum atomic E-state index is 9.95. The third kappa shape index (κ3) is 6.36. The van der Waals surface area contributed by atoms with Gasteiger partial charge in [-0.2, -0.15) is 0 Å². The van der Waals surface area contributed by atoms with Crippen LogP contribution in [0.1, 0.15) is 22.3 Å². The number of allylic oxidation sites excluding steroid dienone is 1.